The van der Waals surface area contributed by atoms with Gasteiger partial charge in [-0.2, -0.15) is 0 Å². The van der Waals surface area contributed by atoms with Crippen LogP contribution in [0.1, 0.15) is 12.0 Å². The predicted molar refractivity (Wildman–Crippen MR) is 58.5 cm³/mol. The van der Waals surface area contributed by atoms with Gasteiger partial charge in [0.05, 0.1) is 11.0 Å². The van der Waals surface area contributed by atoms with Crippen molar-refractivity contribution in [1.29, 1.82) is 0 Å². The number of nitro groups is 1. The number of aryl methyl sites for hydroxylation is 1. The molecule has 0 spiro atoms. The minimum absolute atomic E-state index is 0.0310. The first-order valence-electron chi connectivity index (χ1n) is 5.12. The molecular weight excluding hydrogens is 210 g/mol. The third-order valence-corrected chi connectivity index (χ3v) is 2.75. The number of aliphatic hydroxyl groups is 1. The van der Waals surface area contributed by atoms with Crippen LogP contribution in [0.3, 0.4) is 0 Å². The summed E-state index contributed by atoms with van der Waals surface area (Å²) in [4.78, 5) is 16.2. The lowest BCUT2D eigenvalue weighted by Gasteiger charge is -2.16. The molecule has 0 radical (unpaired) electrons. The number of aliphatic hydroxyl groups excluding tert-OH is 1. The van der Waals surface area contributed by atoms with Gasteiger partial charge in [-0.1, -0.05) is 0 Å². The molecular formula is C10H13N3O3. The van der Waals surface area contributed by atoms with E-state index in [4.69, 9.17) is 0 Å². The van der Waals surface area contributed by atoms with Crippen molar-refractivity contribution < 1.29 is 10.0 Å². The zero-order valence-electron chi connectivity index (χ0n) is 8.96. The number of pyridine rings is 1. The normalized spacial score (nSPS) is 20.1. The number of hydrogen-bond donors (Lipinski definition) is 1. The Hall–Kier alpha value is -1.69. The molecule has 2 heterocycles. The molecule has 0 aliphatic carbocycles. The summed E-state index contributed by atoms with van der Waals surface area (Å²) in [5.41, 5.74) is 0.625. The molecule has 1 N–H and O–H groups in total. The highest BCUT2D eigenvalue weighted by atomic mass is 16.6. The number of hydrogen-bond acceptors (Lipinski definition) is 5. The summed E-state index contributed by atoms with van der Waals surface area (Å²) in [5.74, 6) is 0.694. The van der Waals surface area contributed by atoms with Crippen LogP contribution in [0.25, 0.3) is 0 Å². The summed E-state index contributed by atoms with van der Waals surface area (Å²) in [5, 5.41) is 20.0. The van der Waals surface area contributed by atoms with E-state index in [1.807, 2.05) is 4.90 Å². The Morgan fingerprint density at radius 3 is 2.94 bits per heavy atom. The summed E-state index contributed by atoms with van der Waals surface area (Å²) in [6.07, 6.45) is 1.67. The molecule has 0 aromatic carbocycles. The highest BCUT2D eigenvalue weighted by Gasteiger charge is 2.22. The van der Waals surface area contributed by atoms with E-state index in [1.165, 1.54) is 6.20 Å². The average Bonchev–Trinajstić information content (AvgIpc) is 2.64. The first-order valence-corrected chi connectivity index (χ1v) is 5.12. The average molecular weight is 223 g/mol. The Bertz CT molecular complexity index is 422. The van der Waals surface area contributed by atoms with Crippen molar-refractivity contribution in [2.45, 2.75) is 19.4 Å². The molecule has 1 atom stereocenters. The summed E-state index contributed by atoms with van der Waals surface area (Å²) in [6, 6.07) is 1.69. The van der Waals surface area contributed by atoms with Crippen molar-refractivity contribution in [2.24, 2.45) is 0 Å². The molecule has 0 bridgehead atoms. The highest BCUT2D eigenvalue weighted by molar-refractivity contribution is 5.49. The van der Waals surface area contributed by atoms with Crippen molar-refractivity contribution in [3.63, 3.8) is 0 Å². The number of aromatic nitrogens is 1. The molecule has 0 saturated carbocycles. The van der Waals surface area contributed by atoms with E-state index in [0.717, 1.165) is 13.0 Å². The lowest BCUT2D eigenvalue weighted by atomic mass is 10.2. The molecule has 0 unspecified atom stereocenters. The highest BCUT2D eigenvalue weighted by Crippen LogP contribution is 2.23. The molecule has 1 saturated heterocycles. The first-order chi connectivity index (χ1) is 7.58. The smallest absolute Gasteiger partial charge is 0.290 e. The van der Waals surface area contributed by atoms with Gasteiger partial charge in [0.1, 0.15) is 12.0 Å². The fraction of sp³-hybridized carbons (Fsp3) is 0.500. The Morgan fingerprint density at radius 1 is 1.69 bits per heavy atom. The third kappa shape index (κ3) is 1.96. The fourth-order valence-corrected chi connectivity index (χ4v) is 1.85. The minimum Gasteiger partial charge on any atom is -0.391 e. The van der Waals surface area contributed by atoms with Gasteiger partial charge in [0.25, 0.3) is 5.69 Å². The van der Waals surface area contributed by atoms with Crippen LogP contribution in [0.4, 0.5) is 11.5 Å². The van der Waals surface area contributed by atoms with Crippen LogP contribution < -0.4 is 4.90 Å². The third-order valence-electron chi connectivity index (χ3n) is 2.75. The molecule has 6 nitrogen and oxygen atoms in total. The van der Waals surface area contributed by atoms with Crippen LogP contribution in [0, 0.1) is 17.0 Å². The molecule has 6 heteroatoms. The second-order valence-corrected chi connectivity index (χ2v) is 3.97. The second kappa shape index (κ2) is 4.05. The van der Waals surface area contributed by atoms with Crippen molar-refractivity contribution in [1.82, 2.24) is 4.98 Å². The molecule has 16 heavy (non-hydrogen) atoms. The molecule has 1 aromatic rings. The summed E-state index contributed by atoms with van der Waals surface area (Å²) in [6.45, 7) is 2.98. The maximum atomic E-state index is 10.6. The van der Waals surface area contributed by atoms with Crippen molar-refractivity contribution in [3.05, 3.63) is 27.9 Å². The number of anilines is 1. The maximum Gasteiger partial charge on any atom is 0.290 e. The van der Waals surface area contributed by atoms with Crippen molar-refractivity contribution >= 4 is 11.5 Å². The van der Waals surface area contributed by atoms with Crippen LogP contribution in [0.15, 0.2) is 12.3 Å². The van der Waals surface area contributed by atoms with E-state index >= 15 is 0 Å². The summed E-state index contributed by atoms with van der Waals surface area (Å²) < 4.78 is 0. The van der Waals surface area contributed by atoms with Crippen LogP contribution in [-0.4, -0.2) is 34.2 Å². The van der Waals surface area contributed by atoms with Gasteiger partial charge in [-0.3, -0.25) is 10.1 Å². The Balaban J connectivity index is 2.24. The van der Waals surface area contributed by atoms with Crippen LogP contribution >= 0.6 is 0 Å². The van der Waals surface area contributed by atoms with E-state index in [9.17, 15) is 15.2 Å². The zero-order chi connectivity index (χ0) is 11.7. The van der Waals surface area contributed by atoms with E-state index in [0.29, 0.717) is 17.9 Å². The molecule has 1 fully saturated rings. The van der Waals surface area contributed by atoms with Crippen molar-refractivity contribution in [3.8, 4) is 0 Å². The molecule has 1 aliphatic heterocycles. The Labute approximate surface area is 92.7 Å². The standard InChI is InChI=1S/C10H13N3O3/c1-7-4-10(11-5-9(7)13(15)16)12-3-2-8(14)6-12/h4-5,8,14H,2-3,6H2,1H3/t8-/m0/s1. The van der Waals surface area contributed by atoms with E-state index in [2.05, 4.69) is 4.98 Å². The van der Waals surface area contributed by atoms with E-state index in [1.54, 1.807) is 13.0 Å². The minimum atomic E-state index is -0.440. The first kappa shape index (κ1) is 10.8. The topological polar surface area (TPSA) is 79.5 Å². The number of β-amino-alcohol motifs (C(OH)–C–C–N with tert-alkyl or cyclic N) is 1. The van der Waals surface area contributed by atoms with Gasteiger partial charge in [0, 0.05) is 18.7 Å². The lowest BCUT2D eigenvalue weighted by molar-refractivity contribution is -0.385. The number of rotatable bonds is 2. The quantitative estimate of drug-likeness (QED) is 0.594. The van der Waals surface area contributed by atoms with Crippen LogP contribution in [0.5, 0.6) is 0 Å². The monoisotopic (exact) mass is 223 g/mol. The van der Waals surface area contributed by atoms with Crippen molar-refractivity contribution in [2.75, 3.05) is 18.0 Å². The van der Waals surface area contributed by atoms with Gasteiger partial charge < -0.3 is 10.0 Å². The SMILES string of the molecule is Cc1cc(N2CC[C@H](O)C2)ncc1[N+](=O)[O-]. The van der Waals surface area contributed by atoms with Gasteiger partial charge in [-0.15, -0.1) is 0 Å². The Kier molecular flexibility index (Phi) is 2.74. The van der Waals surface area contributed by atoms with E-state index in [-0.39, 0.29) is 11.8 Å². The molecule has 1 aliphatic rings. The van der Waals surface area contributed by atoms with Crippen LogP contribution in [0.2, 0.25) is 0 Å². The van der Waals surface area contributed by atoms with Crippen LogP contribution in [-0.2, 0) is 0 Å². The molecule has 0 amide bonds. The van der Waals surface area contributed by atoms with Gasteiger partial charge >= 0.3 is 0 Å². The zero-order valence-corrected chi connectivity index (χ0v) is 8.96. The molecule has 1 aromatic heterocycles. The predicted octanol–water partition coefficient (Wildman–Crippen LogP) is 0.869. The van der Waals surface area contributed by atoms with Gasteiger partial charge in [-0.25, -0.2) is 4.98 Å². The molecule has 86 valence electrons. The Morgan fingerprint density at radius 2 is 2.44 bits per heavy atom. The largest absolute Gasteiger partial charge is 0.391 e. The van der Waals surface area contributed by atoms with Gasteiger partial charge in [0.15, 0.2) is 0 Å². The second-order valence-electron chi connectivity index (χ2n) is 3.97. The maximum absolute atomic E-state index is 10.6. The summed E-state index contributed by atoms with van der Waals surface area (Å²) in [7, 11) is 0. The van der Waals surface area contributed by atoms with Gasteiger partial charge in [-0.05, 0) is 19.4 Å². The van der Waals surface area contributed by atoms with Gasteiger partial charge in [0.2, 0.25) is 0 Å². The summed E-state index contributed by atoms with van der Waals surface area (Å²) >= 11 is 0. The number of nitrogens with zero attached hydrogens (tertiary/aromatic N) is 3. The van der Waals surface area contributed by atoms with E-state index < -0.39 is 4.92 Å². The fourth-order valence-electron chi connectivity index (χ4n) is 1.85. The molecule has 2 rings (SSSR count). The lowest BCUT2D eigenvalue weighted by Crippen LogP contribution is -2.22.